The Morgan fingerprint density at radius 2 is 1.98 bits per heavy atom. The number of aromatic nitrogens is 8. The summed E-state index contributed by atoms with van der Waals surface area (Å²) in [6.45, 7) is 3.84. The molecule has 19 heteroatoms. The Kier molecular flexibility index (Phi) is 6.73. The summed E-state index contributed by atoms with van der Waals surface area (Å²) >= 11 is 0.612. The standard InChI is InChI=1S/C22H18F3N11O4S/c1-3-35-10(2)12(7-28-35)11-6-14(22(23,24)25)29-20-15(11)16(17(41-20)18(26)37)30-19(38)13-4-5-33(31-13)9-34-8-27-21(32-34)36(39)40/h4-8H,3,9H2,1-2H3,(H2,26,37)(H,30,38). The number of halogens is 3. The maximum atomic E-state index is 13.8. The minimum Gasteiger partial charge on any atom is -0.390 e. The average molecular weight is 590 g/mol. The molecule has 0 bridgehead atoms. The third-order valence-electron chi connectivity index (χ3n) is 5.96. The van der Waals surface area contributed by atoms with Crippen LogP contribution in [-0.4, -0.2) is 56.0 Å². The molecule has 0 aliphatic rings. The van der Waals surface area contributed by atoms with Gasteiger partial charge in [0.05, 0.1) is 11.9 Å². The van der Waals surface area contributed by atoms with Crippen LogP contribution in [0.15, 0.2) is 30.9 Å². The van der Waals surface area contributed by atoms with Crippen molar-refractivity contribution in [1.82, 2.24) is 39.3 Å². The molecule has 0 atom stereocenters. The third-order valence-corrected chi connectivity index (χ3v) is 7.06. The van der Waals surface area contributed by atoms with Gasteiger partial charge in [-0.25, -0.2) is 9.67 Å². The number of rotatable bonds is 8. The van der Waals surface area contributed by atoms with Gasteiger partial charge in [-0.05, 0) is 36.5 Å². The lowest BCUT2D eigenvalue weighted by Gasteiger charge is -2.12. The van der Waals surface area contributed by atoms with E-state index in [1.807, 2.05) is 6.92 Å². The highest BCUT2D eigenvalue weighted by molar-refractivity contribution is 7.21. The van der Waals surface area contributed by atoms with Crippen LogP contribution in [0.5, 0.6) is 0 Å². The van der Waals surface area contributed by atoms with E-state index in [4.69, 9.17) is 5.73 Å². The highest BCUT2D eigenvalue weighted by atomic mass is 32.1. The van der Waals surface area contributed by atoms with Crippen LogP contribution >= 0.6 is 11.3 Å². The molecule has 5 aromatic heterocycles. The van der Waals surface area contributed by atoms with Gasteiger partial charge in [0, 0.05) is 34.5 Å². The quantitative estimate of drug-likeness (QED) is 0.202. The largest absolute Gasteiger partial charge is 0.491 e. The van der Waals surface area contributed by atoms with Crippen LogP contribution in [0.25, 0.3) is 21.3 Å². The topological polar surface area (TPSA) is 195 Å². The molecule has 5 heterocycles. The second kappa shape index (κ2) is 10.1. The number of fused-ring (bicyclic) bond motifs is 1. The molecule has 2 amide bonds. The average Bonchev–Trinajstić information content (AvgIpc) is 3.69. The Bertz CT molecular complexity index is 1840. The Morgan fingerprint density at radius 3 is 2.59 bits per heavy atom. The summed E-state index contributed by atoms with van der Waals surface area (Å²) in [5, 5.41) is 25.4. The van der Waals surface area contributed by atoms with Crippen molar-refractivity contribution in [3.63, 3.8) is 0 Å². The second-order valence-corrected chi connectivity index (χ2v) is 9.54. The molecular weight excluding hydrogens is 571 g/mol. The number of anilines is 1. The van der Waals surface area contributed by atoms with Crippen molar-refractivity contribution in [1.29, 1.82) is 0 Å². The molecule has 0 saturated carbocycles. The number of thiophene rings is 1. The van der Waals surface area contributed by atoms with E-state index in [1.54, 1.807) is 11.6 Å². The molecule has 0 fully saturated rings. The Morgan fingerprint density at radius 1 is 1.22 bits per heavy atom. The van der Waals surface area contributed by atoms with Gasteiger partial charge in [0.15, 0.2) is 12.4 Å². The number of alkyl halides is 3. The second-order valence-electron chi connectivity index (χ2n) is 8.54. The number of primary amides is 1. The zero-order valence-corrected chi connectivity index (χ0v) is 21.9. The molecular formula is C22H18F3N11O4S. The predicted octanol–water partition coefficient (Wildman–Crippen LogP) is 3.06. The van der Waals surface area contributed by atoms with Gasteiger partial charge in [-0.2, -0.15) is 28.1 Å². The predicted molar refractivity (Wildman–Crippen MR) is 137 cm³/mol. The first-order chi connectivity index (χ1) is 19.4. The zero-order chi connectivity index (χ0) is 29.6. The number of hydrogen-bond donors (Lipinski definition) is 2. The fraction of sp³-hybridized carbons (Fsp3) is 0.227. The molecule has 5 aromatic rings. The first-order valence-electron chi connectivity index (χ1n) is 11.6. The fourth-order valence-electron chi connectivity index (χ4n) is 4.10. The number of hydrogen-bond acceptors (Lipinski definition) is 10. The number of carbonyl (C=O) groups excluding carboxylic acids is 2. The Labute approximate surface area is 230 Å². The molecule has 0 spiro atoms. The maximum Gasteiger partial charge on any atom is 0.491 e. The van der Waals surface area contributed by atoms with Crippen molar-refractivity contribution in [2.75, 3.05) is 5.32 Å². The maximum absolute atomic E-state index is 13.8. The summed E-state index contributed by atoms with van der Waals surface area (Å²) < 4.78 is 45.3. The van der Waals surface area contributed by atoms with Crippen molar-refractivity contribution in [3.05, 3.63) is 62.9 Å². The molecule has 0 unspecified atom stereocenters. The van der Waals surface area contributed by atoms with Crippen LogP contribution in [0.4, 0.5) is 24.8 Å². The molecule has 3 N–H and O–H groups in total. The van der Waals surface area contributed by atoms with Gasteiger partial charge in [0.1, 0.15) is 15.4 Å². The van der Waals surface area contributed by atoms with E-state index in [9.17, 15) is 32.9 Å². The highest BCUT2D eigenvalue weighted by Crippen LogP contribution is 2.44. The molecule has 15 nitrogen and oxygen atoms in total. The van der Waals surface area contributed by atoms with Gasteiger partial charge < -0.3 is 21.2 Å². The number of nitrogens with one attached hydrogen (secondary N) is 1. The van der Waals surface area contributed by atoms with Crippen molar-refractivity contribution >= 4 is 45.0 Å². The lowest BCUT2D eigenvalue weighted by atomic mass is 10.0. The van der Waals surface area contributed by atoms with Crippen molar-refractivity contribution in [2.45, 2.75) is 33.2 Å². The number of pyridine rings is 1. The first kappa shape index (κ1) is 27.4. The van der Waals surface area contributed by atoms with E-state index >= 15 is 0 Å². The van der Waals surface area contributed by atoms with E-state index in [0.29, 0.717) is 29.1 Å². The fourth-order valence-corrected chi connectivity index (χ4v) is 5.11. The van der Waals surface area contributed by atoms with Crippen LogP contribution in [0, 0.1) is 17.0 Å². The first-order valence-corrected chi connectivity index (χ1v) is 12.4. The van der Waals surface area contributed by atoms with Gasteiger partial charge in [-0.15, -0.1) is 11.3 Å². The molecule has 212 valence electrons. The number of nitro groups is 1. The van der Waals surface area contributed by atoms with Crippen LogP contribution < -0.4 is 11.1 Å². The smallest absolute Gasteiger partial charge is 0.390 e. The van der Waals surface area contributed by atoms with E-state index in [2.05, 4.69) is 30.6 Å². The summed E-state index contributed by atoms with van der Waals surface area (Å²) in [6.07, 6.45) is -0.886. The SMILES string of the molecule is CCn1ncc(-c2cc(C(F)(F)F)nc3sc(C(N)=O)c(NC(=O)c4ccn(Cn5cnc([N+](=O)[O-])n5)n4)c23)c1C. The summed E-state index contributed by atoms with van der Waals surface area (Å²) in [5.74, 6) is -2.40. The van der Waals surface area contributed by atoms with E-state index in [1.165, 1.54) is 23.1 Å². The van der Waals surface area contributed by atoms with Gasteiger partial charge in [0.2, 0.25) is 6.33 Å². The van der Waals surface area contributed by atoms with Crippen LogP contribution in [0.3, 0.4) is 0 Å². The zero-order valence-electron chi connectivity index (χ0n) is 21.1. The van der Waals surface area contributed by atoms with Crippen molar-refractivity contribution in [3.8, 4) is 11.1 Å². The van der Waals surface area contributed by atoms with Crippen molar-refractivity contribution in [2.24, 2.45) is 5.73 Å². The lowest BCUT2D eigenvalue weighted by molar-refractivity contribution is -0.394. The molecule has 0 aliphatic carbocycles. The number of carbonyl (C=O) groups is 2. The van der Waals surface area contributed by atoms with Crippen molar-refractivity contribution < 1.29 is 27.7 Å². The van der Waals surface area contributed by atoms with Crippen LogP contribution in [-0.2, 0) is 19.4 Å². The molecule has 0 aromatic carbocycles. The minimum atomic E-state index is -4.80. The summed E-state index contributed by atoms with van der Waals surface area (Å²) in [7, 11) is 0. The number of amides is 2. The minimum absolute atomic E-state index is 0.0527. The van der Waals surface area contributed by atoms with Crippen LogP contribution in [0.2, 0.25) is 0 Å². The van der Waals surface area contributed by atoms with Crippen LogP contribution in [0.1, 0.15) is 38.5 Å². The number of aryl methyl sites for hydroxylation is 1. The van der Waals surface area contributed by atoms with Gasteiger partial charge in [0.25, 0.3) is 11.8 Å². The van der Waals surface area contributed by atoms with E-state index in [-0.39, 0.29) is 38.7 Å². The van der Waals surface area contributed by atoms with E-state index in [0.717, 1.165) is 17.1 Å². The highest BCUT2D eigenvalue weighted by Gasteiger charge is 2.35. The molecule has 0 saturated heterocycles. The molecule has 0 radical (unpaired) electrons. The van der Waals surface area contributed by atoms with Gasteiger partial charge in [-0.3, -0.25) is 14.3 Å². The molecule has 0 aliphatic heterocycles. The van der Waals surface area contributed by atoms with Gasteiger partial charge in [-0.1, -0.05) is 4.98 Å². The number of nitrogens with two attached hydrogens (primary N) is 1. The Balaban J connectivity index is 1.57. The summed E-state index contributed by atoms with van der Waals surface area (Å²) in [4.78, 5) is 42.5. The third kappa shape index (κ3) is 5.09. The molecule has 5 rings (SSSR count). The molecule has 41 heavy (non-hydrogen) atoms. The Hall–Kier alpha value is -5.20. The normalized spacial score (nSPS) is 11.7. The summed E-state index contributed by atoms with van der Waals surface area (Å²) in [5.41, 5.74) is 5.06. The lowest BCUT2D eigenvalue weighted by Crippen LogP contribution is -2.18. The summed E-state index contributed by atoms with van der Waals surface area (Å²) in [6, 6.07) is 2.17. The van der Waals surface area contributed by atoms with Gasteiger partial charge >= 0.3 is 12.1 Å². The number of nitrogens with zero attached hydrogens (tertiary/aromatic N) is 9. The monoisotopic (exact) mass is 589 g/mol. The van der Waals surface area contributed by atoms with E-state index < -0.39 is 34.6 Å².